The maximum absolute atomic E-state index is 12.1. The third-order valence-electron chi connectivity index (χ3n) is 4.24. The van der Waals surface area contributed by atoms with Gasteiger partial charge in [-0.15, -0.1) is 0 Å². The average molecular weight is 315 g/mol. The lowest BCUT2D eigenvalue weighted by Gasteiger charge is -2.25. The van der Waals surface area contributed by atoms with Crippen molar-refractivity contribution in [3.05, 3.63) is 47.2 Å². The van der Waals surface area contributed by atoms with Crippen molar-refractivity contribution < 1.29 is 14.4 Å². The van der Waals surface area contributed by atoms with Crippen LogP contribution in [0.5, 0.6) is 0 Å². The van der Waals surface area contributed by atoms with Gasteiger partial charge in [0.25, 0.3) is 0 Å². The van der Waals surface area contributed by atoms with Crippen molar-refractivity contribution in [2.45, 2.75) is 25.9 Å². The van der Waals surface area contributed by atoms with Crippen molar-refractivity contribution >= 4 is 11.7 Å². The predicted molar refractivity (Wildman–Crippen MR) is 86.0 cm³/mol. The van der Waals surface area contributed by atoms with Gasteiger partial charge >= 0.3 is 0 Å². The summed E-state index contributed by atoms with van der Waals surface area (Å²) in [6, 6.07) is 9.52. The highest BCUT2D eigenvalue weighted by atomic mass is 16.5. The molecule has 23 heavy (non-hydrogen) atoms. The first kappa shape index (κ1) is 15.7. The number of benzene rings is 1. The summed E-state index contributed by atoms with van der Waals surface area (Å²) in [5.41, 5.74) is 1.12. The first-order chi connectivity index (χ1) is 11.0. The summed E-state index contributed by atoms with van der Waals surface area (Å²) in [6.45, 7) is 5.11. The van der Waals surface area contributed by atoms with E-state index in [1.54, 1.807) is 13.0 Å². The summed E-state index contributed by atoms with van der Waals surface area (Å²) < 4.78 is 4.92. The third-order valence-corrected chi connectivity index (χ3v) is 4.24. The van der Waals surface area contributed by atoms with Gasteiger partial charge in [-0.2, -0.15) is 0 Å². The molecule has 2 N–H and O–H groups in total. The van der Waals surface area contributed by atoms with Gasteiger partial charge in [0.1, 0.15) is 11.4 Å². The molecule has 0 spiro atoms. The molecule has 1 atom stereocenters. The van der Waals surface area contributed by atoms with Gasteiger partial charge in [0.15, 0.2) is 5.82 Å². The molecule has 1 aliphatic heterocycles. The maximum Gasteiger partial charge on any atom is 0.239 e. The van der Waals surface area contributed by atoms with E-state index in [-0.39, 0.29) is 12.5 Å². The molecule has 122 valence electrons. The Labute approximate surface area is 135 Å². The molecule has 0 aliphatic carbocycles. The number of hydrogen-bond acceptors (Lipinski definition) is 5. The molecule has 6 heteroatoms. The molecule has 1 amide bonds. The van der Waals surface area contributed by atoms with Crippen LogP contribution < -0.4 is 5.32 Å². The van der Waals surface area contributed by atoms with E-state index in [4.69, 9.17) is 4.52 Å². The fraction of sp³-hybridized carbons (Fsp3) is 0.412. The number of carbonyl (C=O) groups excluding carboxylic acids is 1. The van der Waals surface area contributed by atoms with E-state index in [0.717, 1.165) is 11.1 Å². The fourth-order valence-corrected chi connectivity index (χ4v) is 3.13. The summed E-state index contributed by atoms with van der Waals surface area (Å²) in [7, 11) is 0. The molecule has 0 radical (unpaired) electrons. The van der Waals surface area contributed by atoms with Crippen LogP contribution in [0.15, 0.2) is 34.9 Å². The quantitative estimate of drug-likeness (QED) is 0.900. The lowest BCUT2D eigenvalue weighted by Crippen LogP contribution is -2.35. The molecule has 6 nitrogen and oxygen atoms in total. The number of carbonyl (C=O) groups is 1. The number of aryl methyl sites for hydroxylation is 2. The molecular formula is C17H21N3O3. The van der Waals surface area contributed by atoms with E-state index in [1.165, 1.54) is 0 Å². The topological polar surface area (TPSA) is 78.6 Å². The van der Waals surface area contributed by atoms with E-state index < -0.39 is 5.60 Å². The molecule has 1 aromatic carbocycles. The monoisotopic (exact) mass is 315 g/mol. The van der Waals surface area contributed by atoms with Crippen molar-refractivity contribution in [1.29, 1.82) is 0 Å². The molecule has 0 bridgehead atoms. The molecule has 0 saturated carbocycles. The number of hydrogen-bond donors (Lipinski definition) is 2. The minimum Gasteiger partial charge on any atom is -0.384 e. The third kappa shape index (κ3) is 3.43. The van der Waals surface area contributed by atoms with Crippen molar-refractivity contribution in [3.8, 4) is 0 Å². The highest BCUT2D eigenvalue weighted by Gasteiger charge is 2.38. The lowest BCUT2D eigenvalue weighted by molar-refractivity contribution is -0.117. The smallest absolute Gasteiger partial charge is 0.239 e. The molecule has 1 fully saturated rings. The largest absolute Gasteiger partial charge is 0.384 e. The molecular weight excluding hydrogens is 294 g/mol. The van der Waals surface area contributed by atoms with Crippen molar-refractivity contribution in [3.63, 3.8) is 0 Å². The van der Waals surface area contributed by atoms with Crippen molar-refractivity contribution in [2.75, 3.05) is 25.0 Å². The number of amides is 1. The lowest BCUT2D eigenvalue weighted by atomic mass is 9.89. The zero-order valence-corrected chi connectivity index (χ0v) is 13.4. The van der Waals surface area contributed by atoms with Crippen LogP contribution in [0.1, 0.15) is 23.3 Å². The zero-order chi connectivity index (χ0) is 16.4. The number of β-amino-alcohol motifs (C(OH)–C–C–N with tert-alkyl or cyclic N) is 1. The number of rotatable bonds is 4. The Morgan fingerprint density at radius 1 is 1.43 bits per heavy atom. The zero-order valence-electron chi connectivity index (χ0n) is 13.4. The SMILES string of the molecule is Cc1cc(NC(=O)CN2CCC(O)(c3ccccc3C)C2)no1. The molecule has 1 unspecified atom stereocenters. The Kier molecular flexibility index (Phi) is 4.19. The predicted octanol–water partition coefficient (Wildman–Crippen LogP) is 1.82. The number of nitrogens with zero attached hydrogens (tertiary/aromatic N) is 2. The van der Waals surface area contributed by atoms with Gasteiger partial charge in [-0.3, -0.25) is 9.69 Å². The van der Waals surface area contributed by atoms with Crippen molar-refractivity contribution in [2.24, 2.45) is 0 Å². The van der Waals surface area contributed by atoms with Gasteiger partial charge in [-0.1, -0.05) is 29.4 Å². The summed E-state index contributed by atoms with van der Waals surface area (Å²) >= 11 is 0. The highest BCUT2D eigenvalue weighted by molar-refractivity contribution is 5.91. The second-order valence-corrected chi connectivity index (χ2v) is 6.18. The molecule has 1 aromatic heterocycles. The number of anilines is 1. The molecule has 3 rings (SSSR count). The Morgan fingerprint density at radius 3 is 2.91 bits per heavy atom. The molecule has 2 heterocycles. The van der Waals surface area contributed by atoms with Gasteiger partial charge in [-0.25, -0.2) is 0 Å². The van der Waals surface area contributed by atoms with Crippen LogP contribution in [0.25, 0.3) is 0 Å². The Morgan fingerprint density at radius 2 is 2.22 bits per heavy atom. The average Bonchev–Trinajstić information content (AvgIpc) is 3.06. The Bertz CT molecular complexity index is 713. The van der Waals surface area contributed by atoms with Crippen LogP contribution in [-0.2, 0) is 10.4 Å². The standard InChI is InChI=1S/C17H21N3O3/c1-12-5-3-4-6-14(12)17(22)7-8-20(11-17)10-16(21)18-15-9-13(2)23-19-15/h3-6,9,22H,7-8,10-11H2,1-2H3,(H,18,19,21). The number of aromatic nitrogens is 1. The molecule has 1 aliphatic rings. The fourth-order valence-electron chi connectivity index (χ4n) is 3.13. The minimum absolute atomic E-state index is 0.160. The van der Waals surface area contributed by atoms with Gasteiger partial charge in [0.2, 0.25) is 5.91 Å². The number of likely N-dealkylation sites (tertiary alicyclic amines) is 1. The molecule has 2 aromatic rings. The summed E-state index contributed by atoms with van der Waals surface area (Å²) in [5.74, 6) is 0.906. The van der Waals surface area contributed by atoms with Crippen LogP contribution in [0.3, 0.4) is 0 Å². The van der Waals surface area contributed by atoms with Crippen LogP contribution in [0.2, 0.25) is 0 Å². The van der Waals surface area contributed by atoms with Gasteiger partial charge in [0.05, 0.1) is 6.54 Å². The van der Waals surface area contributed by atoms with Gasteiger partial charge < -0.3 is 14.9 Å². The summed E-state index contributed by atoms with van der Waals surface area (Å²) in [5, 5.41) is 17.4. The van der Waals surface area contributed by atoms with Crippen LogP contribution >= 0.6 is 0 Å². The van der Waals surface area contributed by atoms with E-state index in [0.29, 0.717) is 31.1 Å². The van der Waals surface area contributed by atoms with E-state index in [2.05, 4.69) is 10.5 Å². The highest BCUT2D eigenvalue weighted by Crippen LogP contribution is 2.33. The van der Waals surface area contributed by atoms with Crippen LogP contribution in [0, 0.1) is 13.8 Å². The van der Waals surface area contributed by atoms with Crippen LogP contribution in [-0.4, -0.2) is 40.7 Å². The second kappa shape index (κ2) is 6.14. The first-order valence-corrected chi connectivity index (χ1v) is 7.70. The Balaban J connectivity index is 1.61. The van der Waals surface area contributed by atoms with Crippen molar-refractivity contribution in [1.82, 2.24) is 10.1 Å². The summed E-state index contributed by atoms with van der Waals surface area (Å²) in [6.07, 6.45) is 0.619. The number of nitrogens with one attached hydrogen (secondary N) is 1. The minimum atomic E-state index is -0.893. The molecule has 1 saturated heterocycles. The van der Waals surface area contributed by atoms with E-state index in [1.807, 2.05) is 36.1 Å². The van der Waals surface area contributed by atoms with E-state index in [9.17, 15) is 9.90 Å². The second-order valence-electron chi connectivity index (χ2n) is 6.18. The van der Waals surface area contributed by atoms with Crippen LogP contribution in [0.4, 0.5) is 5.82 Å². The van der Waals surface area contributed by atoms with Gasteiger partial charge in [0, 0.05) is 19.2 Å². The van der Waals surface area contributed by atoms with E-state index >= 15 is 0 Å². The maximum atomic E-state index is 12.1. The normalized spacial score (nSPS) is 21.5. The summed E-state index contributed by atoms with van der Waals surface area (Å²) in [4.78, 5) is 14.0. The Hall–Kier alpha value is -2.18. The number of aliphatic hydroxyl groups is 1. The van der Waals surface area contributed by atoms with Gasteiger partial charge in [-0.05, 0) is 31.4 Å². The first-order valence-electron chi connectivity index (χ1n) is 7.70.